The maximum Gasteiger partial charge on any atom is 0.143 e. The number of nitrogens with zero attached hydrogens (tertiary/aromatic N) is 1. The number of benzene rings is 10. The van der Waals surface area contributed by atoms with Crippen molar-refractivity contribution in [3.63, 3.8) is 0 Å². The maximum absolute atomic E-state index is 6.92. The fourth-order valence-corrected chi connectivity index (χ4v) is 8.46. The van der Waals surface area contributed by atoms with Crippen LogP contribution in [0.15, 0.2) is 205 Å². The zero-order valence-electron chi connectivity index (χ0n) is 29.4. The number of para-hydroxylation sites is 2. The molecular weight excluding hydrogens is 655 g/mol. The number of hydrogen-bond donors (Lipinski definition) is 0. The molecule has 0 aliphatic rings. The smallest absolute Gasteiger partial charge is 0.143 e. The fraction of sp³-hybridized carbons (Fsp3) is 0. The normalized spacial score (nSPS) is 11.7. The molecule has 0 aliphatic heterocycles. The number of rotatable bonds is 5. The molecule has 0 unspecified atom stereocenters. The van der Waals surface area contributed by atoms with Gasteiger partial charge in [-0.25, -0.2) is 0 Å². The summed E-state index contributed by atoms with van der Waals surface area (Å²) in [6.07, 6.45) is 0. The van der Waals surface area contributed by atoms with Crippen LogP contribution in [0.5, 0.6) is 0 Å². The first kappa shape index (κ1) is 30.5. The van der Waals surface area contributed by atoms with Gasteiger partial charge < -0.3 is 9.32 Å². The summed E-state index contributed by atoms with van der Waals surface area (Å²) in [6, 6.07) is 72.3. The Morgan fingerprint density at radius 3 is 1.80 bits per heavy atom. The Balaban J connectivity index is 1.19. The molecule has 0 bridgehead atoms. The Kier molecular flexibility index (Phi) is 6.90. The Hall–Kier alpha value is -7.16. The van der Waals surface area contributed by atoms with Gasteiger partial charge in [-0.15, -0.1) is 0 Å². The molecule has 2 nitrogen and oxygen atoms in total. The number of anilines is 3. The highest BCUT2D eigenvalue weighted by molar-refractivity contribution is 6.19. The third kappa shape index (κ3) is 4.81. The van der Waals surface area contributed by atoms with Gasteiger partial charge in [0, 0.05) is 38.4 Å². The standard InChI is InChI=1S/C52H33NO/c1-2-15-36-31-38(28-27-34(36)13-1)37-17-11-18-40(32-37)53(50-33-39-16-4-5-19-41(39)43-21-7-8-22-44(43)50)49-26-10-9-23-45(49)46-24-12-25-47-48-30-29-35-14-3-6-20-42(35)51(48)54-52(46)47/h1-33H. The number of furan rings is 1. The van der Waals surface area contributed by atoms with Gasteiger partial charge in [-0.3, -0.25) is 0 Å². The van der Waals surface area contributed by atoms with E-state index in [-0.39, 0.29) is 0 Å². The predicted molar refractivity (Wildman–Crippen MR) is 229 cm³/mol. The van der Waals surface area contributed by atoms with Gasteiger partial charge in [0.05, 0.1) is 11.4 Å². The summed E-state index contributed by atoms with van der Waals surface area (Å²) >= 11 is 0. The van der Waals surface area contributed by atoms with Gasteiger partial charge in [-0.2, -0.15) is 0 Å². The first-order chi connectivity index (χ1) is 26.8. The minimum atomic E-state index is 0.893. The predicted octanol–water partition coefficient (Wildman–Crippen LogP) is 15.0. The second kappa shape index (κ2) is 12.2. The highest BCUT2D eigenvalue weighted by Gasteiger charge is 2.23. The van der Waals surface area contributed by atoms with Gasteiger partial charge in [-0.1, -0.05) is 164 Å². The average molecular weight is 688 g/mol. The Bertz CT molecular complexity index is 3240. The van der Waals surface area contributed by atoms with Crippen LogP contribution in [-0.2, 0) is 0 Å². The molecule has 10 aromatic carbocycles. The van der Waals surface area contributed by atoms with E-state index in [1.165, 1.54) is 43.3 Å². The van der Waals surface area contributed by atoms with Crippen molar-refractivity contribution in [2.75, 3.05) is 4.90 Å². The van der Waals surface area contributed by atoms with Crippen molar-refractivity contribution >= 4 is 82.1 Å². The van der Waals surface area contributed by atoms with Crippen molar-refractivity contribution in [3.8, 4) is 22.3 Å². The van der Waals surface area contributed by atoms with Crippen molar-refractivity contribution in [1.29, 1.82) is 0 Å². The molecule has 1 heterocycles. The first-order valence-corrected chi connectivity index (χ1v) is 18.5. The topological polar surface area (TPSA) is 16.4 Å². The molecule has 0 saturated heterocycles. The van der Waals surface area contributed by atoms with Gasteiger partial charge in [0.15, 0.2) is 0 Å². The SMILES string of the molecule is c1cc(-c2ccc3ccccc3c2)cc(N(c2ccccc2-c2cccc3c2oc2c4ccccc4ccc32)c2cc3ccccc3c3ccccc23)c1. The molecule has 11 rings (SSSR count). The van der Waals surface area contributed by atoms with Crippen LogP contribution in [0, 0.1) is 0 Å². The Morgan fingerprint density at radius 1 is 0.296 bits per heavy atom. The molecule has 252 valence electrons. The van der Waals surface area contributed by atoms with Crippen LogP contribution in [0.4, 0.5) is 17.1 Å². The summed E-state index contributed by atoms with van der Waals surface area (Å²) in [5.74, 6) is 0. The van der Waals surface area contributed by atoms with E-state index in [1.54, 1.807) is 0 Å². The highest BCUT2D eigenvalue weighted by Crippen LogP contribution is 2.48. The second-order valence-corrected chi connectivity index (χ2v) is 14.1. The molecule has 0 fully saturated rings. The molecule has 2 heteroatoms. The minimum absolute atomic E-state index is 0.893. The molecule has 0 N–H and O–H groups in total. The van der Waals surface area contributed by atoms with Crippen molar-refractivity contribution < 1.29 is 4.42 Å². The first-order valence-electron chi connectivity index (χ1n) is 18.5. The Morgan fingerprint density at radius 2 is 0.907 bits per heavy atom. The largest absolute Gasteiger partial charge is 0.455 e. The lowest BCUT2D eigenvalue weighted by Gasteiger charge is -2.30. The van der Waals surface area contributed by atoms with E-state index in [1.807, 2.05) is 0 Å². The van der Waals surface area contributed by atoms with E-state index in [4.69, 9.17) is 4.42 Å². The van der Waals surface area contributed by atoms with E-state index >= 15 is 0 Å². The Labute approximate surface area is 312 Å². The molecule has 0 aliphatic carbocycles. The van der Waals surface area contributed by atoms with Crippen molar-refractivity contribution in [1.82, 2.24) is 0 Å². The van der Waals surface area contributed by atoms with E-state index in [2.05, 4.69) is 205 Å². The lowest BCUT2D eigenvalue weighted by Crippen LogP contribution is -2.12. The van der Waals surface area contributed by atoms with Crippen LogP contribution >= 0.6 is 0 Å². The zero-order valence-corrected chi connectivity index (χ0v) is 29.4. The monoisotopic (exact) mass is 687 g/mol. The summed E-state index contributed by atoms with van der Waals surface area (Å²) in [4.78, 5) is 2.45. The highest BCUT2D eigenvalue weighted by atomic mass is 16.3. The van der Waals surface area contributed by atoms with Crippen LogP contribution in [0.25, 0.3) is 87.3 Å². The molecule has 54 heavy (non-hydrogen) atoms. The number of fused-ring (bicyclic) bond motifs is 9. The molecule has 0 saturated carbocycles. The van der Waals surface area contributed by atoms with Crippen molar-refractivity contribution in [2.45, 2.75) is 0 Å². The minimum Gasteiger partial charge on any atom is -0.455 e. The quantitative estimate of drug-likeness (QED) is 0.168. The van der Waals surface area contributed by atoms with E-state index < -0.39 is 0 Å². The van der Waals surface area contributed by atoms with Gasteiger partial charge in [0.25, 0.3) is 0 Å². The van der Waals surface area contributed by atoms with E-state index in [0.29, 0.717) is 0 Å². The van der Waals surface area contributed by atoms with Crippen LogP contribution < -0.4 is 4.90 Å². The molecule has 0 amide bonds. The van der Waals surface area contributed by atoms with Gasteiger partial charge >= 0.3 is 0 Å². The summed E-state index contributed by atoms with van der Waals surface area (Å²) in [5.41, 5.74) is 9.60. The number of hydrogen-bond acceptors (Lipinski definition) is 2. The van der Waals surface area contributed by atoms with Crippen LogP contribution in [0.3, 0.4) is 0 Å². The molecular formula is C52H33NO. The second-order valence-electron chi connectivity index (χ2n) is 14.1. The summed E-state index contributed by atoms with van der Waals surface area (Å²) < 4.78 is 6.92. The van der Waals surface area contributed by atoms with Gasteiger partial charge in [-0.05, 0) is 79.8 Å². The molecule has 0 radical (unpaired) electrons. The van der Waals surface area contributed by atoms with Gasteiger partial charge in [0.1, 0.15) is 11.2 Å². The molecule has 0 spiro atoms. The molecule has 0 atom stereocenters. The van der Waals surface area contributed by atoms with E-state index in [0.717, 1.165) is 61.1 Å². The van der Waals surface area contributed by atoms with Crippen molar-refractivity contribution in [2.24, 2.45) is 0 Å². The van der Waals surface area contributed by atoms with E-state index in [9.17, 15) is 0 Å². The van der Waals surface area contributed by atoms with Crippen LogP contribution in [0.1, 0.15) is 0 Å². The van der Waals surface area contributed by atoms with Gasteiger partial charge in [0.2, 0.25) is 0 Å². The summed E-state index contributed by atoms with van der Waals surface area (Å²) in [6.45, 7) is 0. The lowest BCUT2D eigenvalue weighted by atomic mass is 9.96. The maximum atomic E-state index is 6.92. The molecule has 1 aromatic heterocycles. The fourth-order valence-electron chi connectivity index (χ4n) is 8.46. The molecule has 11 aromatic rings. The third-order valence-electron chi connectivity index (χ3n) is 11.0. The lowest BCUT2D eigenvalue weighted by molar-refractivity contribution is 0.674. The average Bonchev–Trinajstić information content (AvgIpc) is 3.64. The summed E-state index contributed by atoms with van der Waals surface area (Å²) in [5, 5.41) is 11.9. The zero-order chi connectivity index (χ0) is 35.6. The van der Waals surface area contributed by atoms with Crippen molar-refractivity contribution in [3.05, 3.63) is 200 Å². The summed E-state index contributed by atoms with van der Waals surface area (Å²) in [7, 11) is 0. The third-order valence-corrected chi connectivity index (χ3v) is 11.0. The van der Waals surface area contributed by atoms with Crippen LogP contribution in [-0.4, -0.2) is 0 Å². The van der Waals surface area contributed by atoms with Crippen LogP contribution in [0.2, 0.25) is 0 Å².